The van der Waals surface area contributed by atoms with Crippen LogP contribution >= 0.6 is 0 Å². The maximum Gasteiger partial charge on any atom is 0.304 e. The lowest BCUT2D eigenvalue weighted by Gasteiger charge is -2.07. The Hall–Kier alpha value is -2.96. The van der Waals surface area contributed by atoms with Gasteiger partial charge >= 0.3 is 5.69 Å². The van der Waals surface area contributed by atoms with Crippen LogP contribution in [0, 0.1) is 22.9 Å². The molecular weight excluding hydrogens is 279 g/mol. The van der Waals surface area contributed by atoms with Gasteiger partial charge in [0.1, 0.15) is 5.75 Å². The van der Waals surface area contributed by atoms with E-state index in [1.807, 2.05) is 0 Å². The van der Waals surface area contributed by atoms with Gasteiger partial charge in [-0.3, -0.25) is 14.9 Å². The van der Waals surface area contributed by atoms with Crippen LogP contribution in [0.1, 0.15) is 15.9 Å². The summed E-state index contributed by atoms with van der Waals surface area (Å²) in [6.45, 7) is 1.66. The van der Waals surface area contributed by atoms with Crippen molar-refractivity contribution < 1.29 is 19.2 Å². The first-order chi connectivity index (χ1) is 9.88. The van der Waals surface area contributed by atoms with E-state index in [1.165, 1.54) is 18.2 Å². The lowest BCUT2D eigenvalue weighted by atomic mass is 10.1. The van der Waals surface area contributed by atoms with Crippen molar-refractivity contribution in [1.82, 2.24) is 0 Å². The Morgan fingerprint density at radius 1 is 1.29 bits per heavy atom. The molecule has 0 spiro atoms. The molecule has 0 bridgehead atoms. The van der Waals surface area contributed by atoms with E-state index in [2.05, 4.69) is 5.32 Å². The highest BCUT2D eigenvalue weighted by atomic mass is 19.1. The van der Waals surface area contributed by atoms with Gasteiger partial charge in [-0.15, -0.1) is 0 Å². The standard InChI is InChI=1S/C14H11FN2O4/c1-8-6-10(3-5-13(8)18)16-14(19)9-2-4-12(17(20)21)11(15)7-9/h2-7,18H,1H3,(H,16,19). The molecule has 2 aromatic rings. The van der Waals surface area contributed by atoms with Gasteiger partial charge in [-0.1, -0.05) is 0 Å². The predicted molar refractivity (Wildman–Crippen MR) is 73.9 cm³/mol. The molecule has 2 N–H and O–H groups in total. The predicted octanol–water partition coefficient (Wildman–Crippen LogP) is 3.00. The van der Waals surface area contributed by atoms with Gasteiger partial charge in [-0.2, -0.15) is 4.39 Å². The summed E-state index contributed by atoms with van der Waals surface area (Å²) >= 11 is 0. The van der Waals surface area contributed by atoms with E-state index in [1.54, 1.807) is 13.0 Å². The molecule has 0 atom stereocenters. The zero-order chi connectivity index (χ0) is 15.6. The Labute approximate surface area is 119 Å². The maximum absolute atomic E-state index is 13.5. The zero-order valence-corrected chi connectivity index (χ0v) is 11.0. The summed E-state index contributed by atoms with van der Waals surface area (Å²) in [5.41, 5.74) is 0.271. The van der Waals surface area contributed by atoms with E-state index < -0.39 is 22.3 Å². The van der Waals surface area contributed by atoms with Crippen LogP contribution in [-0.4, -0.2) is 15.9 Å². The van der Waals surface area contributed by atoms with Gasteiger partial charge in [0, 0.05) is 17.3 Å². The van der Waals surface area contributed by atoms with Gasteiger partial charge < -0.3 is 10.4 Å². The monoisotopic (exact) mass is 290 g/mol. The molecule has 0 aromatic heterocycles. The Morgan fingerprint density at radius 3 is 2.57 bits per heavy atom. The minimum Gasteiger partial charge on any atom is -0.508 e. The van der Waals surface area contributed by atoms with Crippen molar-refractivity contribution in [3.63, 3.8) is 0 Å². The molecule has 6 nitrogen and oxygen atoms in total. The third-order valence-corrected chi connectivity index (χ3v) is 2.86. The minimum absolute atomic E-state index is 0.0381. The number of hydrogen-bond donors (Lipinski definition) is 2. The fourth-order valence-electron chi connectivity index (χ4n) is 1.73. The molecule has 108 valence electrons. The summed E-state index contributed by atoms with van der Waals surface area (Å²) in [5, 5.41) is 22.4. The number of aryl methyl sites for hydroxylation is 1. The van der Waals surface area contributed by atoms with Gasteiger partial charge in [0.15, 0.2) is 0 Å². The first kappa shape index (κ1) is 14.4. The fraction of sp³-hybridized carbons (Fsp3) is 0.0714. The van der Waals surface area contributed by atoms with Gasteiger partial charge in [-0.05, 0) is 42.8 Å². The molecule has 21 heavy (non-hydrogen) atoms. The number of carbonyl (C=O) groups is 1. The number of nitrogens with zero attached hydrogens (tertiary/aromatic N) is 1. The van der Waals surface area contributed by atoms with E-state index in [9.17, 15) is 24.4 Å². The summed E-state index contributed by atoms with van der Waals surface area (Å²) in [4.78, 5) is 21.6. The first-order valence-corrected chi connectivity index (χ1v) is 5.93. The molecular formula is C14H11FN2O4. The quantitative estimate of drug-likeness (QED) is 0.516. The van der Waals surface area contributed by atoms with Crippen LogP contribution in [0.3, 0.4) is 0 Å². The normalized spacial score (nSPS) is 10.2. The van der Waals surface area contributed by atoms with Gasteiger partial charge in [0.2, 0.25) is 5.82 Å². The summed E-state index contributed by atoms with van der Waals surface area (Å²) in [5.74, 6) is -1.59. The van der Waals surface area contributed by atoms with Crippen LogP contribution in [0.4, 0.5) is 15.8 Å². The van der Waals surface area contributed by atoms with Crippen molar-refractivity contribution in [3.05, 3.63) is 63.5 Å². The molecule has 1 amide bonds. The third-order valence-electron chi connectivity index (χ3n) is 2.86. The van der Waals surface area contributed by atoms with Crippen molar-refractivity contribution in [1.29, 1.82) is 0 Å². The zero-order valence-electron chi connectivity index (χ0n) is 11.0. The molecule has 0 aliphatic carbocycles. The molecule has 0 fully saturated rings. The summed E-state index contributed by atoms with van der Waals surface area (Å²) in [7, 11) is 0. The number of nitro benzene ring substituents is 1. The number of phenols is 1. The van der Waals surface area contributed by atoms with Crippen molar-refractivity contribution in [2.75, 3.05) is 5.32 Å². The Morgan fingerprint density at radius 2 is 2.00 bits per heavy atom. The second-order valence-electron chi connectivity index (χ2n) is 4.38. The number of anilines is 1. The molecule has 0 aliphatic heterocycles. The van der Waals surface area contributed by atoms with Gasteiger partial charge in [-0.25, -0.2) is 0 Å². The van der Waals surface area contributed by atoms with E-state index in [0.717, 1.165) is 12.1 Å². The molecule has 0 unspecified atom stereocenters. The van der Waals surface area contributed by atoms with Crippen molar-refractivity contribution in [2.24, 2.45) is 0 Å². The number of nitrogens with one attached hydrogen (secondary N) is 1. The number of carbonyl (C=O) groups excluding carboxylic acids is 1. The lowest BCUT2D eigenvalue weighted by Crippen LogP contribution is -2.12. The van der Waals surface area contributed by atoms with Crippen LogP contribution in [-0.2, 0) is 0 Å². The number of benzene rings is 2. The maximum atomic E-state index is 13.5. The summed E-state index contributed by atoms with van der Waals surface area (Å²) in [6, 6.07) is 7.37. The number of nitro groups is 1. The molecule has 7 heteroatoms. The number of amides is 1. The topological polar surface area (TPSA) is 92.5 Å². The van der Waals surface area contributed by atoms with Gasteiger partial charge in [0.25, 0.3) is 5.91 Å². The van der Waals surface area contributed by atoms with Crippen LogP contribution in [0.15, 0.2) is 36.4 Å². The van der Waals surface area contributed by atoms with Crippen LogP contribution in [0.5, 0.6) is 5.75 Å². The Bertz CT molecular complexity index is 731. The van der Waals surface area contributed by atoms with Crippen molar-refractivity contribution in [3.8, 4) is 5.75 Å². The number of halogens is 1. The average molecular weight is 290 g/mol. The SMILES string of the molecule is Cc1cc(NC(=O)c2ccc([N+](=O)[O-])c(F)c2)ccc1O. The van der Waals surface area contributed by atoms with Crippen LogP contribution in [0.2, 0.25) is 0 Å². The largest absolute Gasteiger partial charge is 0.508 e. The Balaban J connectivity index is 2.22. The number of phenolic OH excluding ortho intramolecular Hbond substituents is 1. The average Bonchev–Trinajstić information content (AvgIpc) is 2.42. The smallest absolute Gasteiger partial charge is 0.304 e. The van der Waals surface area contributed by atoms with E-state index >= 15 is 0 Å². The van der Waals surface area contributed by atoms with Crippen LogP contribution < -0.4 is 5.32 Å². The highest BCUT2D eigenvalue weighted by Crippen LogP contribution is 2.22. The minimum atomic E-state index is -1.07. The second-order valence-corrected chi connectivity index (χ2v) is 4.38. The van der Waals surface area contributed by atoms with Crippen molar-refractivity contribution >= 4 is 17.3 Å². The highest BCUT2D eigenvalue weighted by molar-refractivity contribution is 6.04. The van der Waals surface area contributed by atoms with E-state index in [-0.39, 0.29) is 11.3 Å². The molecule has 0 saturated heterocycles. The molecule has 2 aromatic carbocycles. The number of rotatable bonds is 3. The fourth-order valence-corrected chi connectivity index (χ4v) is 1.73. The van der Waals surface area contributed by atoms with Crippen molar-refractivity contribution in [2.45, 2.75) is 6.92 Å². The first-order valence-electron chi connectivity index (χ1n) is 5.93. The Kier molecular flexibility index (Phi) is 3.84. The van der Waals surface area contributed by atoms with E-state index in [4.69, 9.17) is 0 Å². The van der Waals surface area contributed by atoms with E-state index in [0.29, 0.717) is 11.3 Å². The molecule has 0 radical (unpaired) electrons. The third kappa shape index (κ3) is 3.14. The number of aromatic hydroxyl groups is 1. The molecule has 0 aliphatic rings. The summed E-state index contributed by atoms with van der Waals surface area (Å²) in [6.07, 6.45) is 0. The van der Waals surface area contributed by atoms with Gasteiger partial charge in [0.05, 0.1) is 4.92 Å². The van der Waals surface area contributed by atoms with Crippen LogP contribution in [0.25, 0.3) is 0 Å². The molecule has 0 heterocycles. The highest BCUT2D eigenvalue weighted by Gasteiger charge is 2.16. The number of hydrogen-bond acceptors (Lipinski definition) is 4. The lowest BCUT2D eigenvalue weighted by molar-refractivity contribution is -0.387. The second kappa shape index (κ2) is 5.58. The molecule has 2 rings (SSSR count). The molecule has 0 saturated carbocycles. The summed E-state index contributed by atoms with van der Waals surface area (Å²) < 4.78 is 13.5.